The van der Waals surface area contributed by atoms with Gasteiger partial charge in [0.15, 0.2) is 0 Å². The first-order chi connectivity index (χ1) is 21.3. The minimum absolute atomic E-state index is 0. The van der Waals surface area contributed by atoms with E-state index in [1.54, 1.807) is 18.3 Å². The Kier molecular flexibility index (Phi) is 7.89. The monoisotopic (exact) mass is 726 g/mol. The smallest absolute Gasteiger partial charge is 0.121 e. The van der Waals surface area contributed by atoms with E-state index in [2.05, 4.69) is 96.6 Å². The van der Waals surface area contributed by atoms with E-state index in [0.717, 1.165) is 50.0 Å². The molecule has 0 N–H and O–H groups in total. The number of hydrogen-bond donors (Lipinski definition) is 0. The minimum Gasteiger partial charge on any atom is -0.501 e. The number of aromatic nitrogens is 2. The molecule has 3 nitrogen and oxygen atoms in total. The molecule has 4 heteroatoms. The van der Waals surface area contributed by atoms with Gasteiger partial charge >= 0.3 is 0 Å². The second-order valence-electron chi connectivity index (χ2n) is 10.1. The third-order valence-corrected chi connectivity index (χ3v) is 7.00. The molecule has 0 fully saturated rings. The number of hydrogen-bond acceptors (Lipinski definition) is 3. The summed E-state index contributed by atoms with van der Waals surface area (Å²) in [5.74, 6) is 0.449. The summed E-state index contributed by atoms with van der Waals surface area (Å²) >= 11 is 0. The van der Waals surface area contributed by atoms with E-state index < -0.39 is 6.85 Å². The van der Waals surface area contributed by atoms with Crippen LogP contribution in [0.25, 0.3) is 55.6 Å². The molecule has 0 aliphatic heterocycles. The Morgan fingerprint density at radius 2 is 1.57 bits per heavy atom. The molecule has 0 aliphatic carbocycles. The van der Waals surface area contributed by atoms with Crippen LogP contribution in [0.15, 0.2) is 126 Å². The van der Waals surface area contributed by atoms with Crippen molar-refractivity contribution >= 4 is 21.9 Å². The first kappa shape index (κ1) is 25.3. The Labute approximate surface area is 264 Å². The van der Waals surface area contributed by atoms with Gasteiger partial charge in [0.2, 0.25) is 0 Å². The molecule has 7 aromatic rings. The molecular weight excluding hydrogens is 693 g/mol. The molecule has 42 heavy (non-hydrogen) atoms. The van der Waals surface area contributed by atoms with Crippen LogP contribution in [-0.2, 0) is 20.1 Å². The first-order valence-corrected chi connectivity index (χ1v) is 13.6. The van der Waals surface area contributed by atoms with Crippen molar-refractivity contribution in [2.75, 3.05) is 0 Å². The van der Waals surface area contributed by atoms with Crippen LogP contribution in [0.5, 0.6) is 0 Å². The van der Waals surface area contributed by atoms with Crippen LogP contribution in [0.2, 0.25) is 0 Å². The summed E-state index contributed by atoms with van der Waals surface area (Å²) in [6.07, 6.45) is 3.56. The molecule has 4 aromatic carbocycles. The van der Waals surface area contributed by atoms with Crippen LogP contribution < -0.4 is 0 Å². The van der Waals surface area contributed by atoms with Gasteiger partial charge in [-0.25, -0.2) is 0 Å². The molecule has 0 bridgehead atoms. The van der Waals surface area contributed by atoms with Gasteiger partial charge in [0.05, 0.1) is 5.58 Å². The average molecular weight is 726 g/mol. The molecule has 0 amide bonds. The Balaban J connectivity index is 0.000000202. The molecule has 0 saturated heterocycles. The van der Waals surface area contributed by atoms with Crippen molar-refractivity contribution in [2.24, 2.45) is 0 Å². The molecule has 0 atom stereocenters. The Morgan fingerprint density at radius 1 is 0.738 bits per heavy atom. The summed E-state index contributed by atoms with van der Waals surface area (Å²) in [5, 5.41) is 2.21. The zero-order valence-corrected chi connectivity index (χ0v) is 25.7. The van der Waals surface area contributed by atoms with Gasteiger partial charge in [-0.15, -0.1) is 53.6 Å². The topological polar surface area (TPSA) is 38.9 Å². The molecule has 0 unspecified atom stereocenters. The van der Waals surface area contributed by atoms with Gasteiger partial charge in [0.25, 0.3) is 0 Å². The summed E-state index contributed by atoms with van der Waals surface area (Å²) in [4.78, 5) is 8.76. The van der Waals surface area contributed by atoms with Gasteiger partial charge in [-0.1, -0.05) is 97.9 Å². The number of nitrogens with zero attached hydrogens (tertiary/aromatic N) is 2. The largest absolute Gasteiger partial charge is 0.501 e. The van der Waals surface area contributed by atoms with Crippen molar-refractivity contribution in [1.29, 1.82) is 0 Å². The van der Waals surface area contributed by atoms with Crippen molar-refractivity contribution in [3.63, 3.8) is 0 Å². The molecule has 3 heterocycles. The van der Waals surface area contributed by atoms with Crippen LogP contribution in [-0.4, -0.2) is 9.97 Å². The maximum Gasteiger partial charge on any atom is 0.121 e. The summed E-state index contributed by atoms with van der Waals surface area (Å²) in [7, 11) is 0. The maximum absolute atomic E-state index is 7.25. The van der Waals surface area contributed by atoms with Crippen LogP contribution in [0.3, 0.4) is 0 Å². The number of fused-ring (bicyclic) bond motifs is 3. The molecule has 0 spiro atoms. The van der Waals surface area contributed by atoms with Gasteiger partial charge in [0.1, 0.15) is 5.58 Å². The third-order valence-electron chi connectivity index (χ3n) is 7.00. The van der Waals surface area contributed by atoms with Crippen molar-refractivity contribution < 1.29 is 28.6 Å². The summed E-state index contributed by atoms with van der Waals surface area (Å²) in [6, 6.07) is 41.7. The number of pyridine rings is 2. The summed E-state index contributed by atoms with van der Waals surface area (Å²) < 4.78 is 28.1. The molecule has 7 rings (SSSR count). The van der Waals surface area contributed by atoms with Gasteiger partial charge in [-0.3, -0.25) is 0 Å². The van der Waals surface area contributed by atoms with E-state index in [4.69, 9.17) is 8.53 Å². The van der Waals surface area contributed by atoms with Crippen molar-refractivity contribution in [3.05, 3.63) is 145 Å². The fraction of sp³-hybridized carbons (Fsp3) is 0.105. The number of aryl methyl sites for hydroxylation is 1. The normalized spacial score (nSPS) is 12.1. The Hall–Kier alpha value is -4.37. The molecule has 3 aromatic heterocycles. The molecule has 0 saturated carbocycles. The van der Waals surface area contributed by atoms with E-state index in [-0.39, 0.29) is 20.1 Å². The number of rotatable bonds is 4. The second kappa shape index (κ2) is 13.1. The van der Waals surface area contributed by atoms with Crippen molar-refractivity contribution in [1.82, 2.24) is 9.97 Å². The van der Waals surface area contributed by atoms with Crippen molar-refractivity contribution in [3.8, 4) is 33.6 Å². The van der Waals surface area contributed by atoms with Gasteiger partial charge in [-0.2, -0.15) is 0 Å². The quantitative estimate of drug-likeness (QED) is 0.170. The average Bonchev–Trinajstić information content (AvgIpc) is 3.44. The second-order valence-corrected chi connectivity index (χ2v) is 10.1. The van der Waals surface area contributed by atoms with Crippen LogP contribution in [0.4, 0.5) is 0 Å². The van der Waals surface area contributed by atoms with Crippen LogP contribution in [0.1, 0.15) is 35.0 Å². The zero-order valence-electron chi connectivity index (χ0n) is 26.3. The fourth-order valence-corrected chi connectivity index (χ4v) is 4.79. The van der Waals surface area contributed by atoms with E-state index in [0.29, 0.717) is 11.5 Å². The van der Waals surface area contributed by atoms with E-state index in [1.165, 1.54) is 17.2 Å². The fourth-order valence-electron chi connectivity index (χ4n) is 4.79. The van der Waals surface area contributed by atoms with Gasteiger partial charge < -0.3 is 14.4 Å². The Morgan fingerprint density at radius 3 is 2.31 bits per heavy atom. The van der Waals surface area contributed by atoms with Crippen LogP contribution >= 0.6 is 0 Å². The molecule has 209 valence electrons. The van der Waals surface area contributed by atoms with E-state index >= 15 is 0 Å². The number of furan rings is 1. The molecular formula is C38H30IrN2O-2. The summed E-state index contributed by atoms with van der Waals surface area (Å²) in [5.41, 5.74) is 9.03. The zero-order chi connectivity index (χ0) is 30.7. The first-order valence-electron chi connectivity index (χ1n) is 15.1. The summed E-state index contributed by atoms with van der Waals surface area (Å²) in [6.45, 7) is 2.31. The Bertz CT molecular complexity index is 2020. The van der Waals surface area contributed by atoms with Gasteiger partial charge in [0, 0.05) is 42.0 Å². The molecule has 1 radical (unpaired) electrons. The predicted molar refractivity (Wildman–Crippen MR) is 169 cm³/mol. The van der Waals surface area contributed by atoms with Gasteiger partial charge in [-0.05, 0) is 46.6 Å². The SMILES string of the molecule is CC(C)c1ccnc(-c2[c-]ccc3c2oc2cc(-c4ccccc4)ccc23)c1.[2H]C([2H])([2H])c1c[c-]c(-c2ccccn2)cc1.[Ir]. The minimum atomic E-state index is -2.07. The van der Waals surface area contributed by atoms with E-state index in [9.17, 15) is 0 Å². The number of benzene rings is 4. The molecule has 0 aliphatic rings. The standard InChI is InChI=1S/C26H20NO.C12H10N.Ir/c1-17(2)19-13-14-27-24(15-19)23-10-6-9-22-21-12-11-20(16-25(21)28-26(22)23)18-7-4-3-5-8-18;1-10-5-7-11(8-6-10)12-4-2-3-9-13-12;/h3-9,11-17H,1-2H3;2-7,9H,1H3;/q2*-1;/i;1D3;. The third kappa shape index (κ3) is 6.26. The maximum atomic E-state index is 7.25. The van der Waals surface area contributed by atoms with E-state index in [1.807, 2.05) is 36.5 Å². The van der Waals surface area contributed by atoms with Crippen molar-refractivity contribution in [2.45, 2.75) is 26.6 Å². The predicted octanol–water partition coefficient (Wildman–Crippen LogP) is 10.1. The van der Waals surface area contributed by atoms with Crippen LogP contribution in [0, 0.1) is 19.0 Å².